The first-order chi connectivity index (χ1) is 11.2. The predicted octanol–water partition coefficient (Wildman–Crippen LogP) is 3.09. The number of hydrogen-bond donors (Lipinski definition) is 0. The van der Waals surface area contributed by atoms with Gasteiger partial charge in [0.25, 0.3) is 0 Å². The Labute approximate surface area is 136 Å². The average molecular weight is 318 g/mol. The van der Waals surface area contributed by atoms with Crippen LogP contribution in [0.2, 0.25) is 0 Å². The first-order valence-electron chi connectivity index (χ1n) is 8.04. The topological polar surface area (TPSA) is 54.0 Å². The maximum atomic E-state index is 12.6. The maximum absolute atomic E-state index is 12.6. The van der Waals surface area contributed by atoms with Crippen molar-refractivity contribution in [2.24, 2.45) is 5.92 Å². The van der Waals surface area contributed by atoms with Crippen molar-refractivity contribution in [3.63, 3.8) is 0 Å². The summed E-state index contributed by atoms with van der Waals surface area (Å²) in [6, 6.07) is 7.17. The van der Waals surface area contributed by atoms with E-state index >= 15 is 0 Å². The lowest BCUT2D eigenvalue weighted by Crippen LogP contribution is -2.42. The van der Waals surface area contributed by atoms with Crippen molar-refractivity contribution in [1.82, 2.24) is 0 Å². The third kappa shape index (κ3) is 3.50. The lowest BCUT2D eigenvalue weighted by molar-refractivity contribution is -0.133. The molecular weight excluding hydrogens is 296 g/mol. The number of methoxy groups -OCH3 is 1. The van der Waals surface area contributed by atoms with Crippen molar-refractivity contribution in [3.05, 3.63) is 36.3 Å². The molecule has 0 aromatic heterocycles. The van der Waals surface area contributed by atoms with Gasteiger partial charge in [0.05, 0.1) is 19.1 Å². The molecule has 1 heterocycles. The van der Waals surface area contributed by atoms with Crippen LogP contribution < -0.4 is 9.47 Å². The van der Waals surface area contributed by atoms with Crippen molar-refractivity contribution in [2.45, 2.75) is 38.4 Å². The second kappa shape index (κ2) is 7.04. The van der Waals surface area contributed by atoms with Crippen LogP contribution in [0.15, 0.2) is 36.3 Å². The highest BCUT2D eigenvalue weighted by atomic mass is 16.5. The minimum absolute atomic E-state index is 0.0130. The van der Waals surface area contributed by atoms with Gasteiger partial charge in [0.1, 0.15) is 23.9 Å². The third-order valence-electron chi connectivity index (χ3n) is 4.34. The molecule has 2 aliphatic rings. The summed E-state index contributed by atoms with van der Waals surface area (Å²) < 4.78 is 22.3. The zero-order valence-corrected chi connectivity index (χ0v) is 13.5. The quantitative estimate of drug-likeness (QED) is 0.835. The number of ketones is 1. The van der Waals surface area contributed by atoms with E-state index in [4.69, 9.17) is 18.9 Å². The molecule has 1 aromatic carbocycles. The molecule has 3 atom stereocenters. The Hall–Kier alpha value is -2.01. The molecular formula is C18H22O5. The highest BCUT2D eigenvalue weighted by molar-refractivity contribution is 5.96. The van der Waals surface area contributed by atoms with Gasteiger partial charge in [-0.15, -0.1) is 0 Å². The van der Waals surface area contributed by atoms with E-state index in [2.05, 4.69) is 0 Å². The van der Waals surface area contributed by atoms with Gasteiger partial charge in [-0.25, -0.2) is 0 Å². The molecule has 5 heteroatoms. The summed E-state index contributed by atoms with van der Waals surface area (Å²) in [6.45, 7) is 2.68. The minimum Gasteiger partial charge on any atom is -0.497 e. The number of benzene rings is 1. The lowest BCUT2D eigenvalue weighted by Gasteiger charge is -2.36. The van der Waals surface area contributed by atoms with Gasteiger partial charge in [-0.1, -0.05) is 6.07 Å². The Balaban J connectivity index is 1.69. The van der Waals surface area contributed by atoms with Gasteiger partial charge >= 0.3 is 0 Å². The molecule has 23 heavy (non-hydrogen) atoms. The fourth-order valence-electron chi connectivity index (χ4n) is 3.19. The zero-order chi connectivity index (χ0) is 16.2. The molecule has 1 aliphatic carbocycles. The number of ether oxygens (including phenoxy) is 4. The average Bonchev–Trinajstić information content (AvgIpc) is 2.58. The van der Waals surface area contributed by atoms with Gasteiger partial charge in [-0.05, 0) is 31.9 Å². The predicted molar refractivity (Wildman–Crippen MR) is 84.3 cm³/mol. The third-order valence-corrected chi connectivity index (χ3v) is 4.34. The summed E-state index contributed by atoms with van der Waals surface area (Å²) in [5.41, 5.74) is 0. The Bertz CT molecular complexity index is 595. The summed E-state index contributed by atoms with van der Waals surface area (Å²) in [7, 11) is 1.59. The van der Waals surface area contributed by atoms with Crippen LogP contribution in [0.3, 0.4) is 0 Å². The zero-order valence-electron chi connectivity index (χ0n) is 13.5. The molecule has 5 nitrogen and oxygen atoms in total. The Morgan fingerprint density at radius 1 is 1.26 bits per heavy atom. The van der Waals surface area contributed by atoms with Crippen LogP contribution >= 0.6 is 0 Å². The summed E-state index contributed by atoms with van der Waals surface area (Å²) in [4.78, 5) is 12.6. The van der Waals surface area contributed by atoms with Crippen LogP contribution in [0.4, 0.5) is 0 Å². The number of fused-ring (bicyclic) bond motifs is 1. The standard InChI is InChI=1S/C18H22O5/c1-3-21-13-7-8-15-16(10-13)22-11-17(18(15)19)23-14-6-4-5-12(9-14)20-2/h4-6,9,11,13,15-16H,3,7-8,10H2,1-2H3. The van der Waals surface area contributed by atoms with E-state index in [0.717, 1.165) is 19.3 Å². The molecule has 3 unspecified atom stereocenters. The van der Waals surface area contributed by atoms with E-state index in [9.17, 15) is 4.79 Å². The highest BCUT2D eigenvalue weighted by Gasteiger charge is 2.41. The largest absolute Gasteiger partial charge is 0.497 e. The number of Topliss-reactive ketones (excluding diaryl/α,β-unsaturated/α-hetero) is 1. The van der Waals surface area contributed by atoms with E-state index in [1.54, 1.807) is 19.2 Å². The van der Waals surface area contributed by atoms with Crippen LogP contribution in [-0.4, -0.2) is 31.7 Å². The van der Waals surface area contributed by atoms with E-state index in [-0.39, 0.29) is 29.7 Å². The number of rotatable bonds is 5. The van der Waals surface area contributed by atoms with E-state index in [1.165, 1.54) is 6.26 Å². The Morgan fingerprint density at radius 2 is 2.09 bits per heavy atom. The van der Waals surface area contributed by atoms with Crippen LogP contribution in [0.5, 0.6) is 11.5 Å². The number of carbonyl (C=O) groups excluding carboxylic acids is 1. The van der Waals surface area contributed by atoms with Gasteiger partial charge < -0.3 is 18.9 Å². The summed E-state index contributed by atoms with van der Waals surface area (Å²) >= 11 is 0. The van der Waals surface area contributed by atoms with E-state index in [0.29, 0.717) is 18.1 Å². The van der Waals surface area contributed by atoms with Crippen molar-refractivity contribution in [1.29, 1.82) is 0 Å². The molecule has 0 amide bonds. The molecule has 1 fully saturated rings. The van der Waals surface area contributed by atoms with Gasteiger partial charge in [-0.2, -0.15) is 0 Å². The second-order valence-corrected chi connectivity index (χ2v) is 5.80. The SMILES string of the molecule is CCOC1CCC2C(=O)C(Oc3cccc(OC)c3)=COC2C1. The number of hydrogen-bond acceptors (Lipinski definition) is 5. The first-order valence-corrected chi connectivity index (χ1v) is 8.04. The van der Waals surface area contributed by atoms with Crippen LogP contribution in [-0.2, 0) is 14.3 Å². The summed E-state index contributed by atoms with van der Waals surface area (Å²) in [6.07, 6.45) is 3.93. The fraction of sp³-hybridized carbons (Fsp3) is 0.500. The van der Waals surface area contributed by atoms with Gasteiger partial charge in [0.2, 0.25) is 11.5 Å². The molecule has 3 rings (SSSR count). The molecule has 0 saturated heterocycles. The Kier molecular flexibility index (Phi) is 4.86. The molecule has 1 aliphatic heterocycles. The monoisotopic (exact) mass is 318 g/mol. The van der Waals surface area contributed by atoms with Crippen molar-refractivity contribution in [2.75, 3.05) is 13.7 Å². The molecule has 1 saturated carbocycles. The van der Waals surface area contributed by atoms with Crippen LogP contribution in [0, 0.1) is 5.92 Å². The normalized spacial score (nSPS) is 26.8. The fourth-order valence-corrected chi connectivity index (χ4v) is 3.19. The summed E-state index contributed by atoms with van der Waals surface area (Å²) in [5, 5.41) is 0. The smallest absolute Gasteiger partial charge is 0.207 e. The van der Waals surface area contributed by atoms with Crippen molar-refractivity contribution < 1.29 is 23.7 Å². The highest BCUT2D eigenvalue weighted by Crippen LogP contribution is 2.35. The van der Waals surface area contributed by atoms with Gasteiger partial charge in [0, 0.05) is 19.1 Å². The molecule has 0 radical (unpaired) electrons. The van der Waals surface area contributed by atoms with Gasteiger partial charge in [0.15, 0.2) is 0 Å². The molecule has 0 spiro atoms. The van der Waals surface area contributed by atoms with Crippen molar-refractivity contribution in [3.8, 4) is 11.5 Å². The number of carbonyl (C=O) groups is 1. The Morgan fingerprint density at radius 3 is 2.87 bits per heavy atom. The lowest BCUT2D eigenvalue weighted by atomic mass is 9.80. The summed E-state index contributed by atoms with van der Waals surface area (Å²) in [5.74, 6) is 1.38. The van der Waals surface area contributed by atoms with E-state index in [1.807, 2.05) is 19.1 Å². The van der Waals surface area contributed by atoms with Crippen LogP contribution in [0.1, 0.15) is 26.2 Å². The first kappa shape index (κ1) is 15.9. The second-order valence-electron chi connectivity index (χ2n) is 5.80. The molecule has 124 valence electrons. The minimum atomic E-state index is -0.141. The molecule has 0 bridgehead atoms. The molecule has 1 aromatic rings. The van der Waals surface area contributed by atoms with Gasteiger partial charge in [-0.3, -0.25) is 4.79 Å². The maximum Gasteiger partial charge on any atom is 0.207 e. The van der Waals surface area contributed by atoms with E-state index < -0.39 is 0 Å². The van der Waals surface area contributed by atoms with Crippen molar-refractivity contribution >= 4 is 5.78 Å². The molecule has 0 N–H and O–H groups in total. The van der Waals surface area contributed by atoms with Crippen LogP contribution in [0.25, 0.3) is 0 Å². The number of allylic oxidation sites excluding steroid dienone is 1.